The Hall–Kier alpha value is -2.61. The van der Waals surface area contributed by atoms with Crippen LogP contribution in [0.3, 0.4) is 0 Å². The van der Waals surface area contributed by atoms with Crippen LogP contribution in [0, 0.1) is 17.7 Å². The number of ether oxygens (including phenoxy) is 3. The molecule has 0 aromatic heterocycles. The molecule has 1 aromatic rings. The SMILES string of the molecule is CCOC(=O)/C=C(\COc1cc(N2C(=O)C3CCCCC3C2=O)c(F)cc1Cl)OCC. The minimum atomic E-state index is -0.787. The van der Waals surface area contributed by atoms with Crippen molar-refractivity contribution in [2.75, 3.05) is 24.7 Å². The molecule has 0 spiro atoms. The van der Waals surface area contributed by atoms with E-state index >= 15 is 0 Å². The second-order valence-corrected chi connectivity index (χ2v) is 7.73. The summed E-state index contributed by atoms with van der Waals surface area (Å²) in [7, 11) is 0. The summed E-state index contributed by atoms with van der Waals surface area (Å²) in [6.45, 7) is 3.75. The zero-order chi connectivity index (χ0) is 22.5. The van der Waals surface area contributed by atoms with Gasteiger partial charge in [0.1, 0.15) is 23.9 Å². The fraction of sp³-hybridized carbons (Fsp3) is 0.500. The van der Waals surface area contributed by atoms with Crippen molar-refractivity contribution in [1.82, 2.24) is 0 Å². The van der Waals surface area contributed by atoms with E-state index in [2.05, 4.69) is 0 Å². The molecule has 2 atom stereocenters. The third kappa shape index (κ3) is 5.01. The van der Waals surface area contributed by atoms with Crippen LogP contribution in [0.5, 0.6) is 5.75 Å². The van der Waals surface area contributed by atoms with Crippen molar-refractivity contribution >= 4 is 35.1 Å². The van der Waals surface area contributed by atoms with Crippen LogP contribution in [0.25, 0.3) is 0 Å². The van der Waals surface area contributed by atoms with Gasteiger partial charge >= 0.3 is 5.97 Å². The number of benzene rings is 1. The van der Waals surface area contributed by atoms with E-state index in [4.69, 9.17) is 25.8 Å². The molecule has 2 amide bonds. The van der Waals surface area contributed by atoms with Crippen LogP contribution in [0.15, 0.2) is 24.0 Å². The molecule has 0 bridgehead atoms. The van der Waals surface area contributed by atoms with E-state index in [1.807, 2.05) is 0 Å². The number of amides is 2. The average Bonchev–Trinajstić information content (AvgIpc) is 2.98. The molecule has 9 heteroatoms. The predicted octanol–water partition coefficient (Wildman–Crippen LogP) is 4.02. The lowest BCUT2D eigenvalue weighted by Gasteiger charge is -2.19. The third-order valence-corrected chi connectivity index (χ3v) is 5.64. The number of carbonyl (C=O) groups is 3. The monoisotopic (exact) mass is 453 g/mol. The Kier molecular flexibility index (Phi) is 7.54. The van der Waals surface area contributed by atoms with E-state index in [1.54, 1.807) is 13.8 Å². The molecule has 2 fully saturated rings. The molecule has 1 saturated carbocycles. The lowest BCUT2D eigenvalue weighted by atomic mass is 9.81. The number of hydrogen-bond donors (Lipinski definition) is 0. The van der Waals surface area contributed by atoms with Gasteiger partial charge in [-0.25, -0.2) is 14.1 Å². The van der Waals surface area contributed by atoms with Gasteiger partial charge in [0.2, 0.25) is 11.8 Å². The smallest absolute Gasteiger partial charge is 0.334 e. The van der Waals surface area contributed by atoms with E-state index in [-0.39, 0.29) is 53.9 Å². The van der Waals surface area contributed by atoms with Crippen LogP contribution in [-0.2, 0) is 23.9 Å². The zero-order valence-electron chi connectivity index (χ0n) is 17.5. The van der Waals surface area contributed by atoms with Crippen LogP contribution in [0.4, 0.5) is 10.1 Å². The number of nitrogens with zero attached hydrogens (tertiary/aromatic N) is 1. The van der Waals surface area contributed by atoms with Gasteiger partial charge in [-0.05, 0) is 32.8 Å². The van der Waals surface area contributed by atoms with E-state index in [0.717, 1.165) is 29.9 Å². The minimum absolute atomic E-state index is 0.0373. The quantitative estimate of drug-likeness (QED) is 0.256. The van der Waals surface area contributed by atoms with E-state index in [1.165, 1.54) is 6.07 Å². The van der Waals surface area contributed by atoms with Crippen LogP contribution in [0.1, 0.15) is 39.5 Å². The summed E-state index contributed by atoms with van der Waals surface area (Å²) in [5.74, 6) is -2.71. The highest BCUT2D eigenvalue weighted by molar-refractivity contribution is 6.32. The van der Waals surface area contributed by atoms with E-state index < -0.39 is 23.6 Å². The molecule has 1 heterocycles. The number of rotatable bonds is 8. The molecule has 1 aliphatic heterocycles. The van der Waals surface area contributed by atoms with Gasteiger partial charge in [0.05, 0.1) is 41.8 Å². The van der Waals surface area contributed by atoms with Crippen molar-refractivity contribution in [2.24, 2.45) is 11.8 Å². The summed E-state index contributed by atoms with van der Waals surface area (Å²) in [6.07, 6.45) is 4.15. The highest BCUT2D eigenvalue weighted by Gasteiger charge is 2.49. The molecule has 31 heavy (non-hydrogen) atoms. The summed E-state index contributed by atoms with van der Waals surface area (Å²) < 4.78 is 30.6. The maximum Gasteiger partial charge on any atom is 0.334 e. The average molecular weight is 454 g/mol. The molecule has 168 valence electrons. The van der Waals surface area contributed by atoms with Crippen molar-refractivity contribution in [3.63, 3.8) is 0 Å². The third-order valence-electron chi connectivity index (χ3n) is 5.35. The summed E-state index contributed by atoms with van der Waals surface area (Å²) >= 11 is 6.11. The Bertz CT molecular complexity index is 878. The molecule has 0 radical (unpaired) electrons. The first kappa shape index (κ1) is 23.1. The molecule has 1 aliphatic carbocycles. The van der Waals surface area contributed by atoms with Gasteiger partial charge in [0.25, 0.3) is 0 Å². The Labute approximate surface area is 185 Å². The number of imide groups is 1. The molecular weight excluding hydrogens is 429 g/mol. The van der Waals surface area contributed by atoms with Crippen molar-refractivity contribution in [2.45, 2.75) is 39.5 Å². The van der Waals surface area contributed by atoms with Gasteiger partial charge < -0.3 is 14.2 Å². The van der Waals surface area contributed by atoms with E-state index in [9.17, 15) is 18.8 Å². The number of anilines is 1. The Morgan fingerprint density at radius 2 is 1.74 bits per heavy atom. The van der Waals surface area contributed by atoms with Gasteiger partial charge in [0.15, 0.2) is 0 Å². The first-order valence-electron chi connectivity index (χ1n) is 10.4. The van der Waals surface area contributed by atoms with Crippen LogP contribution in [0.2, 0.25) is 5.02 Å². The lowest BCUT2D eigenvalue weighted by molar-refractivity contribution is -0.137. The largest absolute Gasteiger partial charge is 0.494 e. The van der Waals surface area contributed by atoms with Gasteiger partial charge in [-0.15, -0.1) is 0 Å². The molecule has 1 aromatic carbocycles. The second-order valence-electron chi connectivity index (χ2n) is 7.33. The van der Waals surface area contributed by atoms with E-state index in [0.29, 0.717) is 12.8 Å². The fourth-order valence-corrected chi connectivity index (χ4v) is 4.18. The van der Waals surface area contributed by atoms with Crippen molar-refractivity contribution in [1.29, 1.82) is 0 Å². The summed E-state index contributed by atoms with van der Waals surface area (Å²) in [6, 6.07) is 2.24. The summed E-state index contributed by atoms with van der Waals surface area (Å²) in [5.41, 5.74) is -0.184. The normalized spacial score (nSPS) is 21.2. The molecule has 0 N–H and O–H groups in total. The maximum atomic E-state index is 14.7. The minimum Gasteiger partial charge on any atom is -0.494 e. The number of carbonyl (C=O) groups excluding carboxylic acids is 3. The molecule has 7 nitrogen and oxygen atoms in total. The summed E-state index contributed by atoms with van der Waals surface area (Å²) in [4.78, 5) is 38.2. The second kappa shape index (κ2) is 10.1. The number of esters is 1. The fourth-order valence-electron chi connectivity index (χ4n) is 3.97. The van der Waals surface area contributed by atoms with Gasteiger partial charge in [-0.1, -0.05) is 24.4 Å². The Balaban J connectivity index is 1.83. The van der Waals surface area contributed by atoms with Crippen LogP contribution in [-0.4, -0.2) is 37.6 Å². The molecule has 1 saturated heterocycles. The maximum absolute atomic E-state index is 14.7. The lowest BCUT2D eigenvalue weighted by Crippen LogP contribution is -2.31. The van der Waals surface area contributed by atoms with Crippen molar-refractivity contribution in [3.8, 4) is 5.75 Å². The Morgan fingerprint density at radius 3 is 2.32 bits per heavy atom. The summed E-state index contributed by atoms with van der Waals surface area (Å²) in [5, 5.41) is -0.0373. The molecular formula is C22H25ClFNO6. The molecule has 2 unspecified atom stereocenters. The van der Waals surface area contributed by atoms with Crippen molar-refractivity contribution in [3.05, 3.63) is 34.8 Å². The van der Waals surface area contributed by atoms with Crippen molar-refractivity contribution < 1.29 is 33.0 Å². The number of halogens is 2. The first-order valence-corrected chi connectivity index (χ1v) is 10.7. The topological polar surface area (TPSA) is 82.1 Å². The highest BCUT2D eigenvalue weighted by atomic mass is 35.5. The number of hydrogen-bond acceptors (Lipinski definition) is 6. The molecule has 3 rings (SSSR count). The Morgan fingerprint density at radius 1 is 1.13 bits per heavy atom. The van der Waals surface area contributed by atoms with Crippen LogP contribution < -0.4 is 9.64 Å². The van der Waals surface area contributed by atoms with Gasteiger partial charge in [0, 0.05) is 6.07 Å². The van der Waals surface area contributed by atoms with Gasteiger partial charge in [-0.2, -0.15) is 0 Å². The first-order chi connectivity index (χ1) is 14.9. The van der Waals surface area contributed by atoms with Crippen LogP contribution >= 0.6 is 11.6 Å². The van der Waals surface area contributed by atoms with Gasteiger partial charge in [-0.3, -0.25) is 9.59 Å². The highest BCUT2D eigenvalue weighted by Crippen LogP contribution is 2.42. The zero-order valence-corrected chi connectivity index (χ0v) is 18.2. The standard InChI is InChI=1S/C22H25ClFNO6/c1-3-29-13(9-20(26)30-4-2)12-31-19-11-18(17(24)10-16(19)23)25-21(27)14-7-5-6-8-15(14)22(25)28/h9-11,14-15H,3-8,12H2,1-2H3/b13-9+. The molecule has 2 aliphatic rings. The predicted molar refractivity (Wildman–Crippen MR) is 111 cm³/mol. The number of fused-ring (bicyclic) bond motifs is 1.